The minimum absolute atomic E-state index is 0.346. The monoisotopic (exact) mass is 286 g/mol. The smallest absolute Gasteiger partial charge is 0.330 e. The molecule has 0 radical (unpaired) electrons. The van der Waals surface area contributed by atoms with E-state index in [0.717, 1.165) is 4.57 Å². The maximum atomic E-state index is 11.8. The number of aromatic nitrogens is 2. The van der Waals surface area contributed by atoms with Gasteiger partial charge < -0.3 is 19.7 Å². The lowest BCUT2D eigenvalue weighted by atomic mass is 9.93. The number of hydrogen-bond donors (Lipinski definition) is 3. The number of nitrogens with one attached hydrogen (secondary N) is 1. The fourth-order valence-corrected chi connectivity index (χ4v) is 2.46. The first-order chi connectivity index (χ1) is 9.49. The van der Waals surface area contributed by atoms with Crippen LogP contribution in [0.15, 0.2) is 21.9 Å². The van der Waals surface area contributed by atoms with Gasteiger partial charge in [-0.1, -0.05) is 6.92 Å². The lowest BCUT2D eigenvalue weighted by molar-refractivity contribution is -0.131. The standard InChI is InChI=1S/C12H18N2O6/c1-3-12(6-15)9(17)8(19-2)10(20-12)14-5-4-7(16)13-11(14)18/h4-5,8-10,15,17H,3,6H2,1-2H3,(H,13,16,18)/t8?,9-,10-,12-/m1/s1. The van der Waals surface area contributed by atoms with Gasteiger partial charge in [0.2, 0.25) is 0 Å². The van der Waals surface area contributed by atoms with E-state index in [1.807, 2.05) is 0 Å². The van der Waals surface area contributed by atoms with Gasteiger partial charge in [0, 0.05) is 19.4 Å². The van der Waals surface area contributed by atoms with Crippen LogP contribution in [0, 0.1) is 0 Å². The number of aliphatic hydroxyl groups is 2. The highest BCUT2D eigenvalue weighted by molar-refractivity contribution is 5.02. The highest BCUT2D eigenvalue weighted by Gasteiger charge is 2.54. The van der Waals surface area contributed by atoms with Crippen molar-refractivity contribution in [3.05, 3.63) is 33.1 Å². The second kappa shape index (κ2) is 5.49. The van der Waals surface area contributed by atoms with Gasteiger partial charge >= 0.3 is 5.69 Å². The Morgan fingerprint density at radius 3 is 2.75 bits per heavy atom. The summed E-state index contributed by atoms with van der Waals surface area (Å²) < 4.78 is 12.0. The van der Waals surface area contributed by atoms with Gasteiger partial charge in [0.1, 0.15) is 17.8 Å². The summed E-state index contributed by atoms with van der Waals surface area (Å²) in [5.41, 5.74) is -2.38. The summed E-state index contributed by atoms with van der Waals surface area (Å²) >= 11 is 0. The van der Waals surface area contributed by atoms with Gasteiger partial charge in [0.15, 0.2) is 6.23 Å². The summed E-state index contributed by atoms with van der Waals surface area (Å²) in [6.07, 6.45) is -1.23. The van der Waals surface area contributed by atoms with Crippen LogP contribution in [0.1, 0.15) is 19.6 Å². The van der Waals surface area contributed by atoms with Crippen molar-refractivity contribution in [1.29, 1.82) is 0 Å². The lowest BCUT2D eigenvalue weighted by Gasteiger charge is -2.28. The summed E-state index contributed by atoms with van der Waals surface area (Å²) in [7, 11) is 1.38. The van der Waals surface area contributed by atoms with Crippen LogP contribution in [0.4, 0.5) is 0 Å². The highest BCUT2D eigenvalue weighted by Crippen LogP contribution is 2.39. The first kappa shape index (κ1) is 14.9. The number of nitrogens with zero attached hydrogens (tertiary/aromatic N) is 1. The zero-order chi connectivity index (χ0) is 14.9. The summed E-state index contributed by atoms with van der Waals surface area (Å²) in [5.74, 6) is 0. The minimum Gasteiger partial charge on any atom is -0.393 e. The molecule has 1 aliphatic rings. The molecule has 0 bridgehead atoms. The second-order valence-electron chi connectivity index (χ2n) is 4.75. The molecule has 2 rings (SSSR count). The third kappa shape index (κ3) is 2.20. The third-order valence-corrected chi connectivity index (χ3v) is 3.75. The van der Waals surface area contributed by atoms with E-state index in [-0.39, 0.29) is 0 Å². The van der Waals surface area contributed by atoms with Gasteiger partial charge in [0.05, 0.1) is 6.61 Å². The fraction of sp³-hybridized carbons (Fsp3) is 0.667. The largest absolute Gasteiger partial charge is 0.393 e. The van der Waals surface area contributed by atoms with Crippen molar-refractivity contribution >= 4 is 0 Å². The molecular formula is C12H18N2O6. The molecule has 112 valence electrons. The molecule has 0 saturated carbocycles. The zero-order valence-electron chi connectivity index (χ0n) is 11.3. The Balaban J connectivity index is 2.46. The Morgan fingerprint density at radius 2 is 2.25 bits per heavy atom. The predicted molar refractivity (Wildman–Crippen MR) is 68.4 cm³/mol. The molecular weight excluding hydrogens is 268 g/mol. The van der Waals surface area contributed by atoms with Crippen molar-refractivity contribution in [2.24, 2.45) is 0 Å². The zero-order valence-corrected chi connectivity index (χ0v) is 11.3. The maximum Gasteiger partial charge on any atom is 0.330 e. The summed E-state index contributed by atoms with van der Waals surface area (Å²) in [5, 5.41) is 19.8. The predicted octanol–water partition coefficient (Wildman–Crippen LogP) is -1.42. The van der Waals surface area contributed by atoms with Crippen LogP contribution >= 0.6 is 0 Å². The number of rotatable bonds is 4. The summed E-state index contributed by atoms with van der Waals surface area (Å²) in [6, 6.07) is 1.18. The van der Waals surface area contributed by atoms with E-state index in [2.05, 4.69) is 4.98 Å². The lowest BCUT2D eigenvalue weighted by Crippen LogP contribution is -2.46. The quantitative estimate of drug-likeness (QED) is 0.626. The molecule has 0 amide bonds. The minimum atomic E-state index is -1.19. The van der Waals surface area contributed by atoms with Crippen LogP contribution in [0.25, 0.3) is 0 Å². The van der Waals surface area contributed by atoms with Gasteiger partial charge in [-0.3, -0.25) is 14.3 Å². The average Bonchev–Trinajstić information content (AvgIpc) is 2.71. The number of hydrogen-bond acceptors (Lipinski definition) is 6. The Labute approximate surface area is 114 Å². The van der Waals surface area contributed by atoms with E-state index in [1.165, 1.54) is 19.4 Å². The fourth-order valence-electron chi connectivity index (χ4n) is 2.46. The molecule has 2 heterocycles. The van der Waals surface area contributed by atoms with Gasteiger partial charge in [0.25, 0.3) is 5.56 Å². The Hall–Kier alpha value is -1.48. The van der Waals surface area contributed by atoms with Gasteiger partial charge in [-0.25, -0.2) is 4.79 Å². The second-order valence-corrected chi connectivity index (χ2v) is 4.75. The molecule has 20 heavy (non-hydrogen) atoms. The van der Waals surface area contributed by atoms with Crippen molar-refractivity contribution in [3.63, 3.8) is 0 Å². The number of ether oxygens (including phenoxy) is 2. The first-order valence-electron chi connectivity index (χ1n) is 6.30. The van der Waals surface area contributed by atoms with Crippen molar-refractivity contribution in [2.45, 2.75) is 37.4 Å². The van der Waals surface area contributed by atoms with Crippen LogP contribution in [0.2, 0.25) is 0 Å². The van der Waals surface area contributed by atoms with Crippen LogP contribution < -0.4 is 11.2 Å². The topological polar surface area (TPSA) is 114 Å². The summed E-state index contributed by atoms with van der Waals surface area (Å²) in [6.45, 7) is 1.35. The maximum absolute atomic E-state index is 11.8. The number of aromatic amines is 1. The van der Waals surface area contributed by atoms with Gasteiger partial charge in [-0.15, -0.1) is 0 Å². The van der Waals surface area contributed by atoms with Gasteiger partial charge in [-0.05, 0) is 6.42 Å². The summed E-state index contributed by atoms with van der Waals surface area (Å²) in [4.78, 5) is 25.0. The molecule has 0 aliphatic carbocycles. The SMILES string of the molecule is CC[C@]1(CO)O[C@@H](n2ccc(=O)[nH]c2=O)C(OC)[C@H]1O. The molecule has 1 aliphatic heterocycles. The highest BCUT2D eigenvalue weighted by atomic mass is 16.6. The van der Waals surface area contributed by atoms with Crippen LogP contribution in [0.3, 0.4) is 0 Å². The molecule has 0 spiro atoms. The molecule has 1 fully saturated rings. The van der Waals surface area contributed by atoms with E-state index in [0.29, 0.717) is 6.42 Å². The molecule has 3 N–H and O–H groups in total. The number of H-pyrrole nitrogens is 1. The van der Waals surface area contributed by atoms with E-state index in [9.17, 15) is 19.8 Å². The number of methoxy groups -OCH3 is 1. The molecule has 8 heteroatoms. The normalized spacial score (nSPS) is 33.5. The van der Waals surface area contributed by atoms with Crippen LogP contribution in [-0.2, 0) is 9.47 Å². The van der Waals surface area contributed by atoms with Gasteiger partial charge in [-0.2, -0.15) is 0 Å². The van der Waals surface area contributed by atoms with Crippen LogP contribution in [0.5, 0.6) is 0 Å². The van der Waals surface area contributed by atoms with Crippen LogP contribution in [-0.4, -0.2) is 51.3 Å². The molecule has 0 aromatic carbocycles. The van der Waals surface area contributed by atoms with Crippen molar-refractivity contribution in [2.75, 3.05) is 13.7 Å². The molecule has 4 atom stereocenters. The molecule has 1 aromatic heterocycles. The molecule has 1 saturated heterocycles. The first-order valence-corrected chi connectivity index (χ1v) is 6.30. The molecule has 1 unspecified atom stereocenters. The number of aliphatic hydroxyl groups excluding tert-OH is 2. The van der Waals surface area contributed by atoms with Crippen molar-refractivity contribution < 1.29 is 19.7 Å². The molecule has 1 aromatic rings. The Bertz CT molecular complexity index is 576. The van der Waals surface area contributed by atoms with Crippen molar-refractivity contribution in [1.82, 2.24) is 9.55 Å². The van der Waals surface area contributed by atoms with E-state index >= 15 is 0 Å². The third-order valence-electron chi connectivity index (χ3n) is 3.75. The van der Waals surface area contributed by atoms with E-state index < -0.39 is 41.9 Å². The van der Waals surface area contributed by atoms with Crippen molar-refractivity contribution in [3.8, 4) is 0 Å². The Kier molecular flexibility index (Phi) is 4.09. The average molecular weight is 286 g/mol. The van der Waals surface area contributed by atoms with E-state index in [4.69, 9.17) is 9.47 Å². The molecule has 8 nitrogen and oxygen atoms in total. The van der Waals surface area contributed by atoms with E-state index in [1.54, 1.807) is 6.92 Å². The Morgan fingerprint density at radius 1 is 1.55 bits per heavy atom.